The smallest absolute Gasteiger partial charge is 0.312 e. The molecule has 2 aromatic carbocycles. The summed E-state index contributed by atoms with van der Waals surface area (Å²) in [5, 5.41) is 5.64. The van der Waals surface area contributed by atoms with E-state index in [0.717, 1.165) is 16.9 Å². The van der Waals surface area contributed by atoms with Crippen LogP contribution >= 0.6 is 12.2 Å². The van der Waals surface area contributed by atoms with E-state index in [1.165, 1.54) is 0 Å². The average molecular weight is 401 g/mol. The molecular formula is C19H23N5O3S. The van der Waals surface area contributed by atoms with E-state index in [1.807, 2.05) is 54.6 Å². The predicted molar refractivity (Wildman–Crippen MR) is 110 cm³/mol. The Bertz CT molecular complexity index is 799. The molecule has 2 aromatic rings. The van der Waals surface area contributed by atoms with Crippen LogP contribution in [0.25, 0.3) is 0 Å². The van der Waals surface area contributed by atoms with Gasteiger partial charge in [-0.25, -0.2) is 4.79 Å². The van der Waals surface area contributed by atoms with Gasteiger partial charge < -0.3 is 21.1 Å². The van der Waals surface area contributed by atoms with Gasteiger partial charge in [0.1, 0.15) is 11.8 Å². The molecule has 0 spiro atoms. The van der Waals surface area contributed by atoms with E-state index >= 15 is 0 Å². The van der Waals surface area contributed by atoms with Crippen LogP contribution in [0, 0.1) is 0 Å². The fourth-order valence-electron chi connectivity index (χ4n) is 2.41. The highest BCUT2D eigenvalue weighted by Gasteiger charge is 2.20. The molecular weight excluding hydrogens is 378 g/mol. The fraction of sp³-hybridized carbons (Fsp3) is 0.211. The number of nitrogens with two attached hydrogens (primary N) is 1. The number of rotatable bonds is 7. The van der Waals surface area contributed by atoms with Crippen molar-refractivity contribution in [2.24, 2.45) is 5.73 Å². The van der Waals surface area contributed by atoms with E-state index in [9.17, 15) is 9.59 Å². The number of nitrogens with one attached hydrogen (secondary N) is 4. The number of carbonyl (C=O) groups is 2. The Labute approximate surface area is 168 Å². The molecule has 0 saturated carbocycles. The molecule has 2 rings (SSSR count). The molecule has 0 aliphatic heterocycles. The number of carbonyl (C=O) groups excluding carboxylic acids is 2. The quantitative estimate of drug-likeness (QED) is 0.349. The minimum Gasteiger partial charge on any atom is -0.497 e. The van der Waals surface area contributed by atoms with Crippen LogP contribution in [-0.4, -0.2) is 30.2 Å². The summed E-state index contributed by atoms with van der Waals surface area (Å²) in [6.07, 6.45) is 0.295. The van der Waals surface area contributed by atoms with Gasteiger partial charge in [0.2, 0.25) is 0 Å². The van der Waals surface area contributed by atoms with Crippen molar-refractivity contribution in [1.82, 2.24) is 21.5 Å². The van der Waals surface area contributed by atoms with Crippen LogP contribution in [0.5, 0.6) is 5.75 Å². The number of thiocarbonyl (C=S) groups is 1. The van der Waals surface area contributed by atoms with Crippen LogP contribution in [0.15, 0.2) is 54.6 Å². The lowest BCUT2D eigenvalue weighted by Gasteiger charge is -2.18. The van der Waals surface area contributed by atoms with Crippen LogP contribution < -0.4 is 32.0 Å². The molecule has 0 heterocycles. The van der Waals surface area contributed by atoms with E-state index in [-0.39, 0.29) is 5.11 Å². The van der Waals surface area contributed by atoms with Crippen LogP contribution in [-0.2, 0) is 17.8 Å². The summed E-state index contributed by atoms with van der Waals surface area (Å²) < 4.78 is 5.11. The topological polar surface area (TPSA) is 118 Å². The summed E-state index contributed by atoms with van der Waals surface area (Å²) in [6.45, 7) is 0.471. The monoisotopic (exact) mass is 401 g/mol. The Morgan fingerprint density at radius 1 is 1.04 bits per heavy atom. The van der Waals surface area contributed by atoms with Crippen LogP contribution in [0.4, 0.5) is 4.79 Å². The van der Waals surface area contributed by atoms with Crippen molar-refractivity contribution in [2.75, 3.05) is 7.11 Å². The molecule has 0 radical (unpaired) electrons. The molecule has 3 amide bonds. The zero-order chi connectivity index (χ0) is 20.4. The molecule has 8 nitrogen and oxygen atoms in total. The van der Waals surface area contributed by atoms with Crippen LogP contribution in [0.1, 0.15) is 11.1 Å². The number of hydrazine groups is 1. The molecule has 0 fully saturated rings. The fourth-order valence-corrected chi connectivity index (χ4v) is 2.53. The molecule has 148 valence electrons. The SMILES string of the molecule is COc1ccc(CNC(=S)NNC(=O)[C@@H](Cc2ccccc2)NC(N)=O)cc1. The second-order valence-corrected chi connectivity index (χ2v) is 6.30. The first-order valence-electron chi connectivity index (χ1n) is 8.54. The van der Waals surface area contributed by atoms with Gasteiger partial charge in [0.05, 0.1) is 7.11 Å². The van der Waals surface area contributed by atoms with Gasteiger partial charge in [-0.05, 0) is 35.5 Å². The van der Waals surface area contributed by atoms with Gasteiger partial charge in [-0.2, -0.15) is 0 Å². The Morgan fingerprint density at radius 2 is 1.71 bits per heavy atom. The summed E-state index contributed by atoms with van der Waals surface area (Å²) in [5.74, 6) is 0.305. The van der Waals surface area contributed by atoms with Crippen molar-refractivity contribution in [3.8, 4) is 5.75 Å². The zero-order valence-electron chi connectivity index (χ0n) is 15.4. The Kier molecular flexibility index (Phi) is 8.04. The first kappa shape index (κ1) is 21.0. The maximum absolute atomic E-state index is 12.4. The van der Waals surface area contributed by atoms with Gasteiger partial charge in [0.25, 0.3) is 5.91 Å². The number of hydrogen-bond acceptors (Lipinski definition) is 4. The van der Waals surface area contributed by atoms with Gasteiger partial charge in [-0.15, -0.1) is 0 Å². The molecule has 9 heteroatoms. The lowest BCUT2D eigenvalue weighted by Crippen LogP contribution is -2.55. The highest BCUT2D eigenvalue weighted by Crippen LogP contribution is 2.10. The molecule has 1 atom stereocenters. The first-order chi connectivity index (χ1) is 13.5. The highest BCUT2D eigenvalue weighted by molar-refractivity contribution is 7.80. The van der Waals surface area contributed by atoms with E-state index in [4.69, 9.17) is 22.7 Å². The Morgan fingerprint density at radius 3 is 2.32 bits per heavy atom. The van der Waals surface area contributed by atoms with Crippen molar-refractivity contribution in [3.05, 3.63) is 65.7 Å². The summed E-state index contributed by atoms with van der Waals surface area (Å²) in [6, 6.07) is 15.2. The summed E-state index contributed by atoms with van der Waals surface area (Å²) in [7, 11) is 1.60. The third-order valence-corrected chi connectivity index (χ3v) is 4.07. The number of hydrogen-bond donors (Lipinski definition) is 5. The van der Waals surface area contributed by atoms with Gasteiger partial charge in [0.15, 0.2) is 5.11 Å². The van der Waals surface area contributed by atoms with E-state index in [0.29, 0.717) is 13.0 Å². The van der Waals surface area contributed by atoms with E-state index in [2.05, 4.69) is 21.5 Å². The maximum Gasteiger partial charge on any atom is 0.312 e. The summed E-state index contributed by atoms with van der Waals surface area (Å²) >= 11 is 5.15. The summed E-state index contributed by atoms with van der Waals surface area (Å²) in [4.78, 5) is 23.6. The van der Waals surface area contributed by atoms with E-state index < -0.39 is 18.0 Å². The minimum atomic E-state index is -0.836. The second-order valence-electron chi connectivity index (χ2n) is 5.90. The maximum atomic E-state index is 12.4. The molecule has 28 heavy (non-hydrogen) atoms. The van der Waals surface area contributed by atoms with Crippen molar-refractivity contribution in [2.45, 2.75) is 19.0 Å². The van der Waals surface area contributed by atoms with Crippen molar-refractivity contribution >= 4 is 29.3 Å². The number of ether oxygens (including phenoxy) is 1. The van der Waals surface area contributed by atoms with Crippen LogP contribution in [0.3, 0.4) is 0 Å². The molecule has 0 unspecified atom stereocenters. The zero-order valence-corrected chi connectivity index (χ0v) is 16.2. The number of primary amides is 1. The van der Waals surface area contributed by atoms with Gasteiger partial charge >= 0.3 is 6.03 Å². The largest absolute Gasteiger partial charge is 0.497 e. The number of benzene rings is 2. The second kappa shape index (κ2) is 10.7. The number of methoxy groups -OCH3 is 1. The molecule has 0 aliphatic carbocycles. The molecule has 0 bridgehead atoms. The van der Waals surface area contributed by atoms with Crippen LogP contribution in [0.2, 0.25) is 0 Å². The molecule has 6 N–H and O–H groups in total. The Balaban J connectivity index is 1.82. The summed E-state index contributed by atoms with van der Waals surface area (Å²) in [5.41, 5.74) is 12.2. The number of amides is 3. The lowest BCUT2D eigenvalue weighted by atomic mass is 10.1. The minimum absolute atomic E-state index is 0.238. The van der Waals surface area contributed by atoms with Gasteiger partial charge in [0, 0.05) is 13.0 Å². The molecule has 0 saturated heterocycles. The first-order valence-corrected chi connectivity index (χ1v) is 8.95. The average Bonchev–Trinajstić information content (AvgIpc) is 2.70. The third kappa shape index (κ3) is 7.12. The van der Waals surface area contributed by atoms with Crippen molar-refractivity contribution in [3.63, 3.8) is 0 Å². The molecule has 0 aliphatic rings. The highest BCUT2D eigenvalue weighted by atomic mass is 32.1. The standard InChI is InChI=1S/C19H23N5O3S/c1-27-15-9-7-14(8-10-15)12-21-19(28)24-23-17(25)16(22-18(20)26)11-13-5-3-2-4-6-13/h2-10,16H,11-12H2,1H3,(H,23,25)(H3,20,22,26)(H2,21,24,28)/t16-/m1/s1. The normalized spacial score (nSPS) is 11.0. The Hall–Kier alpha value is -3.33. The third-order valence-electron chi connectivity index (χ3n) is 3.83. The van der Waals surface area contributed by atoms with Crippen molar-refractivity contribution < 1.29 is 14.3 Å². The number of urea groups is 1. The van der Waals surface area contributed by atoms with Gasteiger partial charge in [-0.1, -0.05) is 42.5 Å². The van der Waals surface area contributed by atoms with E-state index in [1.54, 1.807) is 7.11 Å². The molecule has 0 aromatic heterocycles. The van der Waals surface area contributed by atoms with Crippen molar-refractivity contribution in [1.29, 1.82) is 0 Å². The predicted octanol–water partition coefficient (Wildman–Crippen LogP) is 0.970. The lowest BCUT2D eigenvalue weighted by molar-refractivity contribution is -0.123. The van der Waals surface area contributed by atoms with Gasteiger partial charge in [-0.3, -0.25) is 15.6 Å².